The SMILES string of the molecule is CC[C@@]1(OC(=O)CCCC=NC)C(=O)OCc2c1cc1n(c2=O)Cc2cc3ccccc3nc2-1. The normalized spacial score (nSPS) is 18.5. The van der Waals surface area contributed by atoms with Gasteiger partial charge >= 0.3 is 11.9 Å². The van der Waals surface area contributed by atoms with Crippen molar-refractivity contribution >= 4 is 29.1 Å². The van der Waals surface area contributed by atoms with Gasteiger partial charge in [0.15, 0.2) is 0 Å². The molecular formula is C26H25N3O5. The number of cyclic esters (lactones) is 1. The van der Waals surface area contributed by atoms with Crippen LogP contribution < -0.4 is 5.56 Å². The molecule has 34 heavy (non-hydrogen) atoms. The Bertz CT molecular complexity index is 1410. The highest BCUT2D eigenvalue weighted by atomic mass is 16.6. The second kappa shape index (κ2) is 8.52. The Hall–Kier alpha value is -3.81. The molecule has 0 bridgehead atoms. The summed E-state index contributed by atoms with van der Waals surface area (Å²) in [4.78, 5) is 47.9. The van der Waals surface area contributed by atoms with E-state index in [1.165, 1.54) is 0 Å². The van der Waals surface area contributed by atoms with Crippen molar-refractivity contribution in [3.8, 4) is 11.4 Å². The Morgan fingerprint density at radius 1 is 1.29 bits per heavy atom. The molecule has 5 rings (SSSR count). The van der Waals surface area contributed by atoms with Crippen molar-refractivity contribution in [3.05, 3.63) is 63.4 Å². The number of pyridine rings is 2. The lowest BCUT2D eigenvalue weighted by Gasteiger charge is -2.35. The Kier molecular flexibility index (Phi) is 5.51. The molecular weight excluding hydrogens is 434 g/mol. The summed E-state index contributed by atoms with van der Waals surface area (Å²) < 4.78 is 12.8. The van der Waals surface area contributed by atoms with Crippen LogP contribution >= 0.6 is 0 Å². The number of carbonyl (C=O) groups excluding carboxylic acids is 2. The third kappa shape index (κ3) is 3.41. The van der Waals surface area contributed by atoms with Gasteiger partial charge in [-0.2, -0.15) is 0 Å². The summed E-state index contributed by atoms with van der Waals surface area (Å²) in [7, 11) is 1.67. The van der Waals surface area contributed by atoms with Gasteiger partial charge in [0, 0.05) is 30.0 Å². The molecule has 0 fully saturated rings. The average molecular weight is 460 g/mol. The minimum Gasteiger partial charge on any atom is -0.457 e. The number of hydrogen-bond acceptors (Lipinski definition) is 7. The zero-order chi connectivity index (χ0) is 23.9. The van der Waals surface area contributed by atoms with E-state index < -0.39 is 17.5 Å². The van der Waals surface area contributed by atoms with E-state index in [4.69, 9.17) is 14.5 Å². The summed E-state index contributed by atoms with van der Waals surface area (Å²) in [6.45, 7) is 1.99. The van der Waals surface area contributed by atoms with E-state index in [0.717, 1.165) is 16.5 Å². The molecule has 0 amide bonds. The molecule has 3 aromatic rings. The number of aromatic nitrogens is 2. The van der Waals surface area contributed by atoms with Gasteiger partial charge < -0.3 is 19.0 Å². The first-order valence-corrected chi connectivity index (χ1v) is 11.4. The third-order valence-electron chi connectivity index (χ3n) is 6.57. The molecule has 0 unspecified atom stereocenters. The van der Waals surface area contributed by atoms with Crippen molar-refractivity contribution in [1.82, 2.24) is 9.55 Å². The van der Waals surface area contributed by atoms with E-state index >= 15 is 0 Å². The fourth-order valence-corrected chi connectivity index (χ4v) is 4.79. The number of benzene rings is 1. The van der Waals surface area contributed by atoms with E-state index in [9.17, 15) is 14.4 Å². The van der Waals surface area contributed by atoms with Crippen LogP contribution in [0.1, 0.15) is 49.3 Å². The standard InChI is InChI=1S/C26H25N3O5/c1-3-26(34-22(30)10-6-7-11-27-2)19-13-21-23-17(12-16-8-4-5-9-20(16)28-23)14-29(21)24(31)18(19)15-33-25(26)32/h4-5,8-9,11-13H,3,6-7,10,14-15H2,1-2H3/t26-/m0/s1. The largest absolute Gasteiger partial charge is 0.457 e. The molecule has 174 valence electrons. The number of ether oxygens (including phenoxy) is 2. The number of rotatable bonds is 6. The molecule has 0 N–H and O–H groups in total. The summed E-state index contributed by atoms with van der Waals surface area (Å²) in [6.07, 6.45) is 3.20. The first kappa shape index (κ1) is 22.0. The van der Waals surface area contributed by atoms with Crippen LogP contribution in [0.25, 0.3) is 22.3 Å². The lowest BCUT2D eigenvalue weighted by molar-refractivity contribution is -0.189. The Labute approximate surface area is 196 Å². The van der Waals surface area contributed by atoms with E-state index in [0.29, 0.717) is 41.9 Å². The van der Waals surface area contributed by atoms with Crippen molar-refractivity contribution in [3.63, 3.8) is 0 Å². The van der Waals surface area contributed by atoms with E-state index in [2.05, 4.69) is 4.99 Å². The minimum atomic E-state index is -1.65. The van der Waals surface area contributed by atoms with Crippen LogP contribution in [0.2, 0.25) is 0 Å². The molecule has 0 aliphatic carbocycles. The van der Waals surface area contributed by atoms with Crippen LogP contribution in [0.4, 0.5) is 0 Å². The molecule has 8 heteroatoms. The van der Waals surface area contributed by atoms with Crippen molar-refractivity contribution in [2.24, 2.45) is 4.99 Å². The lowest BCUT2D eigenvalue weighted by Crippen LogP contribution is -2.47. The molecule has 1 aromatic carbocycles. The van der Waals surface area contributed by atoms with Crippen LogP contribution in [0.15, 0.2) is 46.2 Å². The molecule has 0 saturated carbocycles. The van der Waals surface area contributed by atoms with E-state index in [-0.39, 0.29) is 25.0 Å². The Morgan fingerprint density at radius 3 is 2.91 bits per heavy atom. The molecule has 8 nitrogen and oxygen atoms in total. The van der Waals surface area contributed by atoms with E-state index in [1.54, 1.807) is 30.8 Å². The number of aliphatic imine (C=N–C) groups is 1. The molecule has 0 saturated heterocycles. The highest BCUT2D eigenvalue weighted by molar-refractivity contribution is 5.88. The van der Waals surface area contributed by atoms with Crippen molar-refractivity contribution in [1.29, 1.82) is 0 Å². The monoisotopic (exact) mass is 459 g/mol. The zero-order valence-corrected chi connectivity index (χ0v) is 19.2. The number of unbranched alkanes of at least 4 members (excludes halogenated alkanes) is 1. The maximum atomic E-state index is 13.5. The highest BCUT2D eigenvalue weighted by Gasteiger charge is 2.50. The van der Waals surface area contributed by atoms with Crippen LogP contribution in [0, 0.1) is 0 Å². The summed E-state index contributed by atoms with van der Waals surface area (Å²) in [6, 6.07) is 11.6. The maximum Gasteiger partial charge on any atom is 0.355 e. The predicted molar refractivity (Wildman–Crippen MR) is 127 cm³/mol. The molecule has 2 aromatic heterocycles. The van der Waals surface area contributed by atoms with Crippen molar-refractivity contribution < 1.29 is 19.1 Å². The number of para-hydroxylation sites is 1. The van der Waals surface area contributed by atoms with Gasteiger partial charge in [-0.1, -0.05) is 25.1 Å². The Morgan fingerprint density at radius 2 is 2.12 bits per heavy atom. The number of carbonyl (C=O) groups is 2. The van der Waals surface area contributed by atoms with Gasteiger partial charge in [0.05, 0.1) is 29.0 Å². The third-order valence-corrected chi connectivity index (χ3v) is 6.57. The van der Waals surface area contributed by atoms with Gasteiger partial charge in [-0.3, -0.25) is 9.59 Å². The van der Waals surface area contributed by atoms with Gasteiger partial charge in [0.25, 0.3) is 5.56 Å². The maximum absolute atomic E-state index is 13.5. The van der Waals surface area contributed by atoms with Gasteiger partial charge in [-0.05, 0) is 43.7 Å². The highest BCUT2D eigenvalue weighted by Crippen LogP contribution is 2.41. The van der Waals surface area contributed by atoms with Crippen LogP contribution in [-0.4, -0.2) is 34.8 Å². The smallest absolute Gasteiger partial charge is 0.355 e. The lowest BCUT2D eigenvalue weighted by atomic mass is 9.85. The molecule has 2 aliphatic heterocycles. The summed E-state index contributed by atoms with van der Waals surface area (Å²) in [5.74, 6) is -1.17. The van der Waals surface area contributed by atoms with Crippen molar-refractivity contribution in [2.45, 2.75) is 51.4 Å². The van der Waals surface area contributed by atoms with Crippen molar-refractivity contribution in [2.75, 3.05) is 7.05 Å². The first-order chi connectivity index (χ1) is 16.5. The first-order valence-electron chi connectivity index (χ1n) is 11.4. The predicted octanol–water partition coefficient (Wildman–Crippen LogP) is 3.50. The van der Waals surface area contributed by atoms with Gasteiger partial charge in [-0.15, -0.1) is 0 Å². The van der Waals surface area contributed by atoms with Crippen LogP contribution in [-0.2, 0) is 37.8 Å². The molecule has 0 radical (unpaired) electrons. The number of hydrogen-bond donors (Lipinski definition) is 0. The zero-order valence-electron chi connectivity index (χ0n) is 19.2. The fourth-order valence-electron chi connectivity index (χ4n) is 4.79. The Balaban J connectivity index is 1.60. The number of fused-ring (bicyclic) bond motifs is 5. The summed E-state index contributed by atoms with van der Waals surface area (Å²) in [5.41, 5.74) is 1.90. The number of nitrogens with zero attached hydrogens (tertiary/aromatic N) is 3. The number of esters is 2. The molecule has 1 atom stereocenters. The second-order valence-electron chi connectivity index (χ2n) is 8.57. The topological polar surface area (TPSA) is 99.8 Å². The molecule has 2 aliphatic rings. The molecule has 4 heterocycles. The summed E-state index contributed by atoms with van der Waals surface area (Å²) >= 11 is 0. The van der Waals surface area contributed by atoms with Gasteiger partial charge in [-0.25, -0.2) is 9.78 Å². The quantitative estimate of drug-likeness (QED) is 0.249. The van der Waals surface area contributed by atoms with Gasteiger partial charge in [0.2, 0.25) is 5.60 Å². The fraction of sp³-hybridized carbons (Fsp3) is 0.346. The summed E-state index contributed by atoms with van der Waals surface area (Å²) in [5, 5.41) is 0.996. The second-order valence-corrected chi connectivity index (χ2v) is 8.57. The minimum absolute atomic E-state index is 0.136. The van der Waals surface area contributed by atoms with Crippen LogP contribution in [0.5, 0.6) is 0 Å². The van der Waals surface area contributed by atoms with Crippen LogP contribution in [0.3, 0.4) is 0 Å². The van der Waals surface area contributed by atoms with Gasteiger partial charge in [0.1, 0.15) is 6.61 Å². The van der Waals surface area contributed by atoms with E-state index in [1.807, 2.05) is 30.3 Å². The average Bonchev–Trinajstić information content (AvgIpc) is 3.20. The molecule has 0 spiro atoms.